The van der Waals surface area contributed by atoms with Crippen LogP contribution in [0.15, 0.2) is 83.6 Å². The molecule has 5 aromatic rings. The Balaban J connectivity index is 1.21. The van der Waals surface area contributed by atoms with Gasteiger partial charge in [-0.15, -0.1) is 11.3 Å². The van der Waals surface area contributed by atoms with Crippen LogP contribution in [0.5, 0.6) is 0 Å². The second-order valence-electron chi connectivity index (χ2n) is 29.3. The normalized spacial score (nSPS) is 26.3. The summed E-state index contributed by atoms with van der Waals surface area (Å²) in [6, 6.07) is 26.0. The van der Waals surface area contributed by atoms with Gasteiger partial charge in [-0.25, -0.2) is 0 Å². The van der Waals surface area contributed by atoms with Crippen LogP contribution in [0.3, 0.4) is 0 Å². The van der Waals surface area contributed by atoms with Gasteiger partial charge in [-0.2, -0.15) is 0 Å². The van der Waals surface area contributed by atoms with Crippen molar-refractivity contribution in [3.8, 4) is 0 Å². The second-order valence-corrected chi connectivity index (χ2v) is 30.3. The molecule has 1 aromatic heterocycles. The van der Waals surface area contributed by atoms with E-state index in [2.05, 4.69) is 213 Å². The molecule has 0 spiro atoms. The predicted molar refractivity (Wildman–Crippen MR) is 306 cm³/mol. The van der Waals surface area contributed by atoms with Crippen LogP contribution in [0.25, 0.3) is 10.1 Å². The summed E-state index contributed by atoms with van der Waals surface area (Å²) in [6.45, 7) is 45.4. The van der Waals surface area contributed by atoms with Crippen molar-refractivity contribution in [2.75, 3.05) is 9.80 Å². The molecule has 4 heteroatoms. The smallest absolute Gasteiger partial charge is 0.264 e. The van der Waals surface area contributed by atoms with E-state index in [-0.39, 0.29) is 50.0 Å². The number of anilines is 5. The maximum Gasteiger partial charge on any atom is 0.264 e. The van der Waals surface area contributed by atoms with Gasteiger partial charge in [-0.3, -0.25) is 0 Å². The summed E-state index contributed by atoms with van der Waals surface area (Å²) in [5.41, 5.74) is 24.8. The van der Waals surface area contributed by atoms with Gasteiger partial charge in [0.05, 0.1) is 5.69 Å². The SMILES string of the molecule is CC1C(N2c3cc4c(cc3B3c5sc6cc7c(cc6c5N(c5ccc6c(c5)C(C)(C)CCC6(C)C)c5cccc2c53)C(C)(C)CCC7(C)C)C(C)(C)CCC4(C)C)=CC2=C(C1C)C(C)(C)CCC2(C)C. The molecule has 0 bridgehead atoms. The number of hydrogen-bond donors (Lipinski definition) is 0. The zero-order valence-corrected chi connectivity index (χ0v) is 47.4. The molecular formula is C66H83BN2S. The van der Waals surface area contributed by atoms with Gasteiger partial charge < -0.3 is 9.80 Å². The van der Waals surface area contributed by atoms with E-state index in [1.807, 2.05) is 0 Å². The van der Waals surface area contributed by atoms with E-state index in [0.717, 1.165) is 0 Å². The Morgan fingerprint density at radius 2 is 0.957 bits per heavy atom. The van der Waals surface area contributed by atoms with Crippen molar-refractivity contribution in [1.29, 1.82) is 0 Å². The molecule has 2 atom stereocenters. The van der Waals surface area contributed by atoms with Crippen LogP contribution in [0.4, 0.5) is 28.4 Å². The van der Waals surface area contributed by atoms with Gasteiger partial charge in [0.1, 0.15) is 0 Å². The van der Waals surface area contributed by atoms with E-state index in [1.54, 1.807) is 33.4 Å². The van der Waals surface area contributed by atoms with E-state index in [0.29, 0.717) is 11.8 Å². The third kappa shape index (κ3) is 6.41. The summed E-state index contributed by atoms with van der Waals surface area (Å²) in [5, 5.41) is 1.43. The van der Waals surface area contributed by atoms with E-state index < -0.39 is 0 Å². The minimum Gasteiger partial charge on any atom is -0.315 e. The van der Waals surface area contributed by atoms with Gasteiger partial charge in [0.15, 0.2) is 0 Å². The maximum absolute atomic E-state index is 2.84. The van der Waals surface area contributed by atoms with E-state index >= 15 is 0 Å². The molecule has 4 aromatic carbocycles. The quantitative estimate of drug-likeness (QED) is 0.160. The highest BCUT2D eigenvalue weighted by molar-refractivity contribution is 7.33. The van der Waals surface area contributed by atoms with Crippen LogP contribution < -0.4 is 25.5 Å². The van der Waals surface area contributed by atoms with Crippen molar-refractivity contribution in [3.05, 3.63) is 117 Å². The average Bonchev–Trinajstić information content (AvgIpc) is 3.66. The summed E-state index contributed by atoms with van der Waals surface area (Å²) in [4.78, 5) is 5.61. The van der Waals surface area contributed by atoms with Gasteiger partial charge in [0.2, 0.25) is 0 Å². The number of allylic oxidation sites excluding steroid dienone is 4. The summed E-state index contributed by atoms with van der Waals surface area (Å²) in [6.07, 6.45) is 12.4. The number of rotatable bonds is 2. The first-order chi connectivity index (χ1) is 32.5. The van der Waals surface area contributed by atoms with Crippen molar-refractivity contribution >= 4 is 72.3 Å². The Morgan fingerprint density at radius 3 is 1.56 bits per heavy atom. The fraction of sp³-hybridized carbons (Fsp3) is 0.545. The highest BCUT2D eigenvalue weighted by atomic mass is 32.1. The molecule has 70 heavy (non-hydrogen) atoms. The Kier molecular flexibility index (Phi) is 9.66. The first kappa shape index (κ1) is 47.0. The Bertz CT molecular complexity index is 3170. The van der Waals surface area contributed by atoms with Gasteiger partial charge in [-0.1, -0.05) is 148 Å². The summed E-state index contributed by atoms with van der Waals surface area (Å²) < 4.78 is 2.95. The fourth-order valence-corrected chi connectivity index (χ4v) is 17.0. The lowest BCUT2D eigenvalue weighted by Crippen LogP contribution is -2.61. The number of benzene rings is 4. The standard InChI is InChI=1S/C66H83BN2S/c1-38-39(2)55-48(65(15,16)30-31-66(55,17)18)36-52(38)69-51-21-19-20-50-56(51)67(49-34-45-46(35-53(49)69)63(11,12)28-27-62(45,9)10)58-57(41-33-44-47(37-54(41)70-58)64(13,14)29-26-61(44,7)8)68(50)40-22-23-42-43(32-40)60(5,6)25-24-59(42,3)4/h19-23,32-39H,24-31H2,1-18H3. The second kappa shape index (κ2) is 14.4. The third-order valence-electron chi connectivity index (χ3n) is 21.0. The van der Waals surface area contributed by atoms with Crippen LogP contribution >= 0.6 is 11.3 Å². The maximum atomic E-state index is 2.84. The number of fused-ring (bicyclic) bond motifs is 9. The lowest BCUT2D eigenvalue weighted by atomic mass is 9.35. The third-order valence-corrected chi connectivity index (χ3v) is 22.2. The fourth-order valence-electron chi connectivity index (χ4n) is 15.6. The van der Waals surface area contributed by atoms with Crippen molar-refractivity contribution in [1.82, 2.24) is 0 Å². The zero-order chi connectivity index (χ0) is 50.0. The topological polar surface area (TPSA) is 6.48 Å². The minimum absolute atomic E-state index is 0.0808. The molecule has 0 radical (unpaired) electrons. The highest BCUT2D eigenvalue weighted by Gasteiger charge is 2.52. The van der Waals surface area contributed by atoms with E-state index in [4.69, 9.17) is 0 Å². The Morgan fingerprint density at radius 1 is 0.471 bits per heavy atom. The molecule has 0 saturated heterocycles. The van der Waals surface area contributed by atoms with Gasteiger partial charge >= 0.3 is 0 Å². The molecule has 12 rings (SSSR count). The van der Waals surface area contributed by atoms with E-state index in [1.165, 1.54) is 122 Å². The highest BCUT2D eigenvalue weighted by Crippen LogP contribution is 2.59. The lowest BCUT2D eigenvalue weighted by Gasteiger charge is -2.52. The van der Waals surface area contributed by atoms with Crippen LogP contribution in [0, 0.1) is 22.7 Å². The van der Waals surface area contributed by atoms with Gasteiger partial charge in [-0.05, 0) is 199 Å². The zero-order valence-electron chi connectivity index (χ0n) is 46.5. The summed E-state index contributed by atoms with van der Waals surface area (Å²) in [7, 11) is 0. The molecule has 2 unspecified atom stereocenters. The predicted octanol–water partition coefficient (Wildman–Crippen LogP) is 17.0. The number of thiophene rings is 1. The van der Waals surface area contributed by atoms with Crippen LogP contribution in [-0.2, 0) is 32.5 Å². The molecule has 3 heterocycles. The average molecular weight is 947 g/mol. The molecule has 0 amide bonds. The first-order valence-electron chi connectivity index (χ1n) is 27.6. The van der Waals surface area contributed by atoms with Crippen LogP contribution in [-0.4, -0.2) is 6.71 Å². The Labute approximate surface area is 427 Å². The van der Waals surface area contributed by atoms with Crippen molar-refractivity contribution < 1.29 is 0 Å². The van der Waals surface area contributed by atoms with E-state index in [9.17, 15) is 0 Å². The molecule has 0 saturated carbocycles. The van der Waals surface area contributed by atoms with Crippen molar-refractivity contribution in [2.45, 2.75) is 208 Å². The molecule has 2 nitrogen and oxygen atoms in total. The molecule has 2 aliphatic heterocycles. The number of nitrogens with zero attached hydrogens (tertiary/aromatic N) is 2. The molecule has 366 valence electrons. The van der Waals surface area contributed by atoms with Crippen LogP contribution in [0.1, 0.15) is 209 Å². The molecule has 7 aliphatic rings. The summed E-state index contributed by atoms with van der Waals surface area (Å²) in [5.74, 6) is 0.781. The van der Waals surface area contributed by atoms with Gasteiger partial charge in [0, 0.05) is 49.2 Å². The van der Waals surface area contributed by atoms with Gasteiger partial charge in [0.25, 0.3) is 6.71 Å². The molecule has 0 fully saturated rings. The Hall–Kier alpha value is -4.02. The minimum atomic E-state index is 0.0808. The molecule has 5 aliphatic carbocycles. The molecule has 0 N–H and O–H groups in total. The first-order valence-corrected chi connectivity index (χ1v) is 28.4. The monoisotopic (exact) mass is 947 g/mol. The van der Waals surface area contributed by atoms with Crippen LogP contribution in [0.2, 0.25) is 0 Å². The molecular weight excluding hydrogens is 864 g/mol. The number of hydrogen-bond acceptors (Lipinski definition) is 3. The lowest BCUT2D eigenvalue weighted by molar-refractivity contribution is 0.228. The largest absolute Gasteiger partial charge is 0.315 e. The van der Waals surface area contributed by atoms with Crippen molar-refractivity contribution in [3.63, 3.8) is 0 Å². The van der Waals surface area contributed by atoms with Crippen molar-refractivity contribution in [2.24, 2.45) is 22.7 Å². The summed E-state index contributed by atoms with van der Waals surface area (Å²) >= 11 is 2.11.